The highest BCUT2D eigenvalue weighted by Crippen LogP contribution is 2.31. The van der Waals surface area contributed by atoms with Gasteiger partial charge in [0.05, 0.1) is 19.0 Å². The Morgan fingerprint density at radius 3 is 2.19 bits per heavy atom. The zero-order valence-electron chi connectivity index (χ0n) is 14.6. The molecule has 1 saturated carbocycles. The minimum atomic E-state index is -0.192. The summed E-state index contributed by atoms with van der Waals surface area (Å²) in [5, 5.41) is 10.1. The van der Waals surface area contributed by atoms with Crippen LogP contribution in [0.2, 0.25) is 0 Å². The van der Waals surface area contributed by atoms with E-state index in [1.54, 1.807) is 7.11 Å². The fraction of sp³-hybridized carbons (Fsp3) is 0.667. The Balaban J connectivity index is 0.000000885. The van der Waals surface area contributed by atoms with Crippen molar-refractivity contribution < 1.29 is 9.84 Å². The van der Waals surface area contributed by atoms with E-state index >= 15 is 0 Å². The average Bonchev–Trinajstić information content (AvgIpc) is 2.43. The summed E-state index contributed by atoms with van der Waals surface area (Å²) in [6.45, 7) is 3.94. The average molecular weight is 295 g/mol. The van der Waals surface area contributed by atoms with Gasteiger partial charge in [0.25, 0.3) is 0 Å². The summed E-state index contributed by atoms with van der Waals surface area (Å²) in [7, 11) is 7.67. The topological polar surface area (TPSA) is 32.7 Å². The first-order valence-corrected chi connectivity index (χ1v) is 7.76. The maximum atomic E-state index is 10.1. The van der Waals surface area contributed by atoms with Gasteiger partial charge in [0, 0.05) is 5.92 Å². The molecule has 2 atom stereocenters. The highest BCUT2D eigenvalue weighted by molar-refractivity contribution is 5.28. The molecule has 0 saturated heterocycles. The van der Waals surface area contributed by atoms with E-state index in [1.165, 1.54) is 12.0 Å². The number of aliphatic hydroxyl groups is 1. The molecule has 1 N–H and O–H groups in total. The number of aliphatic hydroxyl groups excluding tert-OH is 1. The lowest BCUT2D eigenvalue weighted by atomic mass is 9.81. The van der Waals surface area contributed by atoms with Crippen LogP contribution in [0.3, 0.4) is 0 Å². The van der Waals surface area contributed by atoms with Crippen LogP contribution in [0.15, 0.2) is 35.6 Å². The first kappa shape index (κ1) is 19.9. The van der Waals surface area contributed by atoms with Gasteiger partial charge in [-0.15, -0.1) is 0 Å². The molecule has 0 bridgehead atoms. The van der Waals surface area contributed by atoms with E-state index in [-0.39, 0.29) is 12.0 Å². The second-order valence-electron chi connectivity index (χ2n) is 5.95. The van der Waals surface area contributed by atoms with Crippen molar-refractivity contribution >= 4 is 0 Å². The normalized spacial score (nSPS) is 24.0. The zero-order chi connectivity index (χ0) is 16.3. The molecule has 0 aromatic carbocycles. The predicted octanol–water partition coefficient (Wildman–Crippen LogP) is 3.77. The summed E-state index contributed by atoms with van der Waals surface area (Å²) in [4.78, 5) is 2.00. The van der Waals surface area contributed by atoms with Crippen molar-refractivity contribution in [1.82, 2.24) is 4.90 Å². The van der Waals surface area contributed by atoms with Crippen LogP contribution in [0.4, 0.5) is 0 Å². The number of hydrogen-bond donors (Lipinski definition) is 1. The van der Waals surface area contributed by atoms with Crippen LogP contribution in [-0.4, -0.2) is 44.4 Å². The molecule has 21 heavy (non-hydrogen) atoms. The van der Waals surface area contributed by atoms with Crippen molar-refractivity contribution in [3.8, 4) is 0 Å². The Kier molecular flexibility index (Phi) is 11.0. The SMILES string of the molecule is CN(C)C.C\C=C/C(=C\C=C(/C)OC)C1CCCCC1O. The van der Waals surface area contributed by atoms with E-state index < -0.39 is 0 Å². The Bertz CT molecular complexity index is 353. The second-order valence-corrected chi connectivity index (χ2v) is 5.95. The molecule has 1 aliphatic carbocycles. The van der Waals surface area contributed by atoms with Crippen molar-refractivity contribution in [3.63, 3.8) is 0 Å². The fourth-order valence-corrected chi connectivity index (χ4v) is 2.28. The van der Waals surface area contributed by atoms with Gasteiger partial charge >= 0.3 is 0 Å². The molecular weight excluding hydrogens is 262 g/mol. The molecule has 0 heterocycles. The molecule has 0 aromatic heterocycles. The van der Waals surface area contributed by atoms with Crippen LogP contribution in [0.5, 0.6) is 0 Å². The van der Waals surface area contributed by atoms with Crippen molar-refractivity contribution in [3.05, 3.63) is 35.6 Å². The monoisotopic (exact) mass is 295 g/mol. The summed E-state index contributed by atoms with van der Waals surface area (Å²) in [6.07, 6.45) is 12.3. The number of rotatable bonds is 4. The van der Waals surface area contributed by atoms with Crippen LogP contribution in [0.1, 0.15) is 39.5 Å². The Morgan fingerprint density at radius 2 is 1.71 bits per heavy atom. The molecule has 3 heteroatoms. The third kappa shape index (κ3) is 9.48. The fourth-order valence-electron chi connectivity index (χ4n) is 2.28. The number of allylic oxidation sites excluding steroid dienone is 5. The standard InChI is InChI=1S/C15H24O2.C3H9N/c1-4-7-13(11-10-12(2)17-3)14-8-5-6-9-15(14)16;1-4(2)3/h4,7,10-11,14-16H,5-6,8-9H2,1-3H3;1-3H3/b7-4-,12-10+,13-11+;. The minimum Gasteiger partial charge on any atom is -0.501 e. The zero-order valence-corrected chi connectivity index (χ0v) is 14.6. The highest BCUT2D eigenvalue weighted by atomic mass is 16.5. The van der Waals surface area contributed by atoms with E-state index in [4.69, 9.17) is 4.74 Å². The van der Waals surface area contributed by atoms with Gasteiger partial charge in [-0.1, -0.05) is 31.1 Å². The third-order valence-corrected chi connectivity index (χ3v) is 3.35. The first-order valence-electron chi connectivity index (χ1n) is 7.76. The van der Waals surface area contributed by atoms with Crippen LogP contribution in [-0.2, 0) is 4.74 Å². The maximum absolute atomic E-state index is 10.1. The van der Waals surface area contributed by atoms with Gasteiger partial charge in [-0.2, -0.15) is 0 Å². The quantitative estimate of drug-likeness (QED) is 0.633. The number of nitrogens with zero attached hydrogens (tertiary/aromatic N) is 1. The molecule has 1 fully saturated rings. The van der Waals surface area contributed by atoms with Gasteiger partial charge < -0.3 is 14.7 Å². The number of methoxy groups -OCH3 is 1. The van der Waals surface area contributed by atoms with E-state index in [0.717, 1.165) is 25.0 Å². The summed E-state index contributed by atoms with van der Waals surface area (Å²) in [5.74, 6) is 1.16. The Labute approximate surface area is 131 Å². The molecule has 3 nitrogen and oxygen atoms in total. The van der Waals surface area contributed by atoms with Gasteiger partial charge in [-0.05, 0) is 59.5 Å². The predicted molar refractivity (Wildman–Crippen MR) is 91.2 cm³/mol. The van der Waals surface area contributed by atoms with E-state index in [1.807, 2.05) is 52.0 Å². The van der Waals surface area contributed by atoms with E-state index in [0.29, 0.717) is 0 Å². The van der Waals surface area contributed by atoms with Gasteiger partial charge in [-0.3, -0.25) is 0 Å². The summed E-state index contributed by atoms with van der Waals surface area (Å²) in [6, 6.07) is 0. The molecule has 1 rings (SSSR count). The molecule has 122 valence electrons. The summed E-state index contributed by atoms with van der Waals surface area (Å²) >= 11 is 0. The van der Waals surface area contributed by atoms with Gasteiger partial charge in [0.1, 0.15) is 0 Å². The first-order chi connectivity index (χ1) is 9.92. The van der Waals surface area contributed by atoms with Crippen molar-refractivity contribution in [2.45, 2.75) is 45.6 Å². The lowest BCUT2D eigenvalue weighted by molar-refractivity contribution is 0.0890. The van der Waals surface area contributed by atoms with E-state index in [9.17, 15) is 5.11 Å². The molecule has 0 spiro atoms. The van der Waals surface area contributed by atoms with Crippen LogP contribution in [0, 0.1) is 5.92 Å². The highest BCUT2D eigenvalue weighted by Gasteiger charge is 2.24. The summed E-state index contributed by atoms with van der Waals surface area (Å²) in [5.41, 5.74) is 1.20. The lowest BCUT2D eigenvalue weighted by Crippen LogP contribution is -2.25. The van der Waals surface area contributed by atoms with Crippen molar-refractivity contribution in [2.24, 2.45) is 5.92 Å². The third-order valence-electron chi connectivity index (χ3n) is 3.35. The molecule has 0 amide bonds. The Hall–Kier alpha value is -1.06. The lowest BCUT2D eigenvalue weighted by Gasteiger charge is -2.28. The molecule has 0 aliphatic heterocycles. The molecule has 2 unspecified atom stereocenters. The molecular formula is C18H33NO2. The number of hydrogen-bond acceptors (Lipinski definition) is 3. The second kappa shape index (κ2) is 11.6. The smallest absolute Gasteiger partial charge is 0.0924 e. The largest absolute Gasteiger partial charge is 0.501 e. The van der Waals surface area contributed by atoms with Crippen molar-refractivity contribution in [1.29, 1.82) is 0 Å². The summed E-state index contributed by atoms with van der Waals surface area (Å²) < 4.78 is 5.12. The van der Waals surface area contributed by atoms with Crippen molar-refractivity contribution in [2.75, 3.05) is 28.3 Å². The van der Waals surface area contributed by atoms with Gasteiger partial charge in [0.15, 0.2) is 0 Å². The molecule has 1 aliphatic rings. The van der Waals surface area contributed by atoms with Crippen LogP contribution in [0.25, 0.3) is 0 Å². The number of ether oxygens (including phenoxy) is 1. The maximum Gasteiger partial charge on any atom is 0.0924 e. The Morgan fingerprint density at radius 1 is 1.14 bits per heavy atom. The van der Waals surface area contributed by atoms with Crippen LogP contribution >= 0.6 is 0 Å². The molecule has 0 radical (unpaired) electrons. The van der Waals surface area contributed by atoms with Gasteiger partial charge in [0.2, 0.25) is 0 Å². The molecule has 0 aromatic rings. The van der Waals surface area contributed by atoms with E-state index in [2.05, 4.69) is 12.2 Å². The van der Waals surface area contributed by atoms with Gasteiger partial charge in [-0.25, -0.2) is 0 Å². The minimum absolute atomic E-state index is 0.192. The van der Waals surface area contributed by atoms with Crippen LogP contribution < -0.4 is 0 Å².